The molecule has 1 nitrogen and oxygen atoms in total. The van der Waals surface area contributed by atoms with Gasteiger partial charge in [0.25, 0.3) is 0 Å². The number of hydrogen-bond donors (Lipinski definition) is 1. The second-order valence-electron chi connectivity index (χ2n) is 3.53. The third-order valence-corrected chi connectivity index (χ3v) is 2.46. The van der Waals surface area contributed by atoms with Gasteiger partial charge in [0.05, 0.1) is 0 Å². The quantitative estimate of drug-likeness (QED) is 0.614. The Labute approximate surface area is 69.9 Å². The number of rotatable bonds is 3. The van der Waals surface area contributed by atoms with Crippen LogP contribution in [0.25, 0.3) is 0 Å². The average Bonchev–Trinajstić information content (AvgIpc) is 2.06. The van der Waals surface area contributed by atoms with Gasteiger partial charge in [0, 0.05) is 12.1 Å². The summed E-state index contributed by atoms with van der Waals surface area (Å²) < 4.78 is 0. The van der Waals surface area contributed by atoms with E-state index in [0.717, 1.165) is 6.04 Å². The van der Waals surface area contributed by atoms with E-state index in [1.165, 1.54) is 32.1 Å². The van der Waals surface area contributed by atoms with Gasteiger partial charge in [-0.25, -0.2) is 0 Å². The molecular formula is C10H19N. The van der Waals surface area contributed by atoms with Crippen LogP contribution in [0.15, 0.2) is 12.7 Å². The van der Waals surface area contributed by atoms with Gasteiger partial charge < -0.3 is 5.32 Å². The fourth-order valence-electron chi connectivity index (χ4n) is 1.71. The van der Waals surface area contributed by atoms with Crippen LogP contribution in [-0.4, -0.2) is 12.1 Å². The molecule has 0 spiro atoms. The van der Waals surface area contributed by atoms with Gasteiger partial charge in [-0.3, -0.25) is 0 Å². The summed E-state index contributed by atoms with van der Waals surface area (Å²) in [7, 11) is 0. The van der Waals surface area contributed by atoms with Gasteiger partial charge in [0.2, 0.25) is 0 Å². The van der Waals surface area contributed by atoms with Gasteiger partial charge in [0.1, 0.15) is 0 Å². The highest BCUT2D eigenvalue weighted by Gasteiger charge is 2.13. The van der Waals surface area contributed by atoms with E-state index in [-0.39, 0.29) is 0 Å². The third kappa shape index (κ3) is 3.06. The minimum atomic E-state index is 0.484. The first-order valence-electron chi connectivity index (χ1n) is 4.71. The summed E-state index contributed by atoms with van der Waals surface area (Å²) in [6.07, 6.45) is 8.94. The molecule has 1 unspecified atom stereocenters. The van der Waals surface area contributed by atoms with E-state index in [2.05, 4.69) is 18.8 Å². The molecule has 0 aliphatic heterocycles. The highest BCUT2D eigenvalue weighted by molar-refractivity contribution is 4.85. The van der Waals surface area contributed by atoms with Gasteiger partial charge in [0.15, 0.2) is 0 Å². The zero-order chi connectivity index (χ0) is 8.10. The molecular weight excluding hydrogens is 134 g/mol. The Morgan fingerprint density at radius 2 is 2.00 bits per heavy atom. The molecule has 1 atom stereocenters. The number of hydrogen-bond acceptors (Lipinski definition) is 1. The minimum Gasteiger partial charge on any atom is -0.308 e. The van der Waals surface area contributed by atoms with Gasteiger partial charge in [-0.1, -0.05) is 25.3 Å². The Balaban J connectivity index is 2.18. The van der Waals surface area contributed by atoms with Crippen LogP contribution < -0.4 is 5.32 Å². The van der Waals surface area contributed by atoms with Crippen LogP contribution in [0.2, 0.25) is 0 Å². The molecule has 64 valence electrons. The first kappa shape index (κ1) is 8.79. The average molecular weight is 153 g/mol. The van der Waals surface area contributed by atoms with Crippen LogP contribution in [0, 0.1) is 0 Å². The van der Waals surface area contributed by atoms with Crippen molar-refractivity contribution in [1.29, 1.82) is 0 Å². The summed E-state index contributed by atoms with van der Waals surface area (Å²) in [5.41, 5.74) is 0. The first-order chi connectivity index (χ1) is 5.33. The van der Waals surface area contributed by atoms with E-state index in [1.54, 1.807) is 0 Å². The third-order valence-electron chi connectivity index (χ3n) is 2.46. The monoisotopic (exact) mass is 153 g/mol. The summed E-state index contributed by atoms with van der Waals surface area (Å²) in [5, 5.41) is 3.55. The standard InChI is InChI=1S/C10H19N/c1-3-9(2)11-10-7-5-4-6-8-10/h3,9-11H,1,4-8H2,2H3. The summed E-state index contributed by atoms with van der Waals surface area (Å²) in [6, 6.07) is 1.25. The molecule has 1 N–H and O–H groups in total. The predicted octanol–water partition coefficient (Wildman–Crippen LogP) is 2.48. The molecule has 1 aliphatic carbocycles. The van der Waals surface area contributed by atoms with Crippen LogP contribution in [0.1, 0.15) is 39.0 Å². The van der Waals surface area contributed by atoms with Crippen molar-refractivity contribution < 1.29 is 0 Å². The lowest BCUT2D eigenvalue weighted by Gasteiger charge is -2.25. The largest absolute Gasteiger partial charge is 0.308 e. The molecule has 11 heavy (non-hydrogen) atoms. The van der Waals surface area contributed by atoms with Crippen molar-refractivity contribution in [1.82, 2.24) is 5.32 Å². The van der Waals surface area contributed by atoms with Gasteiger partial charge in [-0.05, 0) is 19.8 Å². The Morgan fingerprint density at radius 3 is 2.55 bits per heavy atom. The molecule has 0 radical (unpaired) electrons. The van der Waals surface area contributed by atoms with Crippen molar-refractivity contribution in [2.75, 3.05) is 0 Å². The fourth-order valence-corrected chi connectivity index (χ4v) is 1.71. The van der Waals surface area contributed by atoms with E-state index < -0.39 is 0 Å². The molecule has 1 saturated carbocycles. The molecule has 1 aliphatic rings. The van der Waals surface area contributed by atoms with Gasteiger partial charge >= 0.3 is 0 Å². The number of nitrogens with one attached hydrogen (secondary N) is 1. The van der Waals surface area contributed by atoms with Crippen molar-refractivity contribution in [2.24, 2.45) is 0 Å². The van der Waals surface area contributed by atoms with Crippen LogP contribution in [0.4, 0.5) is 0 Å². The first-order valence-corrected chi connectivity index (χ1v) is 4.71. The van der Waals surface area contributed by atoms with Gasteiger partial charge in [-0.15, -0.1) is 6.58 Å². The molecule has 0 heterocycles. The Kier molecular flexibility index (Phi) is 3.64. The van der Waals surface area contributed by atoms with Crippen molar-refractivity contribution >= 4 is 0 Å². The molecule has 1 fully saturated rings. The molecule has 0 aromatic rings. The molecule has 0 bridgehead atoms. The lowest BCUT2D eigenvalue weighted by Crippen LogP contribution is -2.36. The Hall–Kier alpha value is -0.300. The second-order valence-corrected chi connectivity index (χ2v) is 3.53. The SMILES string of the molecule is C=CC(C)NC1CCCCC1. The minimum absolute atomic E-state index is 0.484. The predicted molar refractivity (Wildman–Crippen MR) is 49.7 cm³/mol. The van der Waals surface area contributed by atoms with Crippen molar-refractivity contribution in [3.8, 4) is 0 Å². The zero-order valence-electron chi connectivity index (χ0n) is 7.47. The molecule has 0 saturated heterocycles. The van der Waals surface area contributed by atoms with E-state index in [4.69, 9.17) is 0 Å². The van der Waals surface area contributed by atoms with Crippen LogP contribution in [-0.2, 0) is 0 Å². The van der Waals surface area contributed by atoms with E-state index >= 15 is 0 Å². The van der Waals surface area contributed by atoms with Crippen LogP contribution in [0.5, 0.6) is 0 Å². The highest BCUT2D eigenvalue weighted by Crippen LogP contribution is 2.17. The van der Waals surface area contributed by atoms with Crippen LogP contribution >= 0.6 is 0 Å². The van der Waals surface area contributed by atoms with Crippen molar-refractivity contribution in [3.63, 3.8) is 0 Å². The fraction of sp³-hybridized carbons (Fsp3) is 0.800. The molecule has 0 amide bonds. The summed E-state index contributed by atoms with van der Waals surface area (Å²) >= 11 is 0. The van der Waals surface area contributed by atoms with E-state index in [1.807, 2.05) is 6.08 Å². The van der Waals surface area contributed by atoms with Gasteiger partial charge in [-0.2, -0.15) is 0 Å². The van der Waals surface area contributed by atoms with E-state index in [9.17, 15) is 0 Å². The summed E-state index contributed by atoms with van der Waals surface area (Å²) in [4.78, 5) is 0. The molecule has 0 aromatic heterocycles. The van der Waals surface area contributed by atoms with Crippen molar-refractivity contribution in [3.05, 3.63) is 12.7 Å². The molecule has 0 aromatic carbocycles. The highest BCUT2D eigenvalue weighted by atomic mass is 14.9. The van der Waals surface area contributed by atoms with Crippen LogP contribution in [0.3, 0.4) is 0 Å². The molecule has 1 heteroatoms. The lowest BCUT2D eigenvalue weighted by molar-refractivity contribution is 0.362. The lowest BCUT2D eigenvalue weighted by atomic mass is 9.95. The Morgan fingerprint density at radius 1 is 1.36 bits per heavy atom. The summed E-state index contributed by atoms with van der Waals surface area (Å²) in [6.45, 7) is 5.93. The maximum Gasteiger partial charge on any atom is 0.0221 e. The topological polar surface area (TPSA) is 12.0 Å². The smallest absolute Gasteiger partial charge is 0.0221 e. The summed E-state index contributed by atoms with van der Waals surface area (Å²) in [5.74, 6) is 0. The Bertz CT molecular complexity index is 114. The molecule has 1 rings (SSSR count). The zero-order valence-corrected chi connectivity index (χ0v) is 7.47. The normalized spacial score (nSPS) is 23.0. The second kappa shape index (κ2) is 4.55. The van der Waals surface area contributed by atoms with E-state index in [0.29, 0.717) is 6.04 Å². The maximum atomic E-state index is 3.76. The maximum absolute atomic E-state index is 3.76. The van der Waals surface area contributed by atoms with Crippen molar-refractivity contribution in [2.45, 2.75) is 51.1 Å².